The number of thiazole rings is 1. The van der Waals surface area contributed by atoms with Crippen molar-refractivity contribution in [2.24, 2.45) is 0 Å². The van der Waals surface area contributed by atoms with Crippen LogP contribution in [0.3, 0.4) is 0 Å². The lowest BCUT2D eigenvalue weighted by Crippen LogP contribution is -2.04. The van der Waals surface area contributed by atoms with E-state index in [9.17, 15) is 4.79 Å². The summed E-state index contributed by atoms with van der Waals surface area (Å²) >= 11 is 1.41. The first-order valence-corrected chi connectivity index (χ1v) is 6.17. The van der Waals surface area contributed by atoms with Gasteiger partial charge in [0.1, 0.15) is 22.6 Å². The summed E-state index contributed by atoms with van der Waals surface area (Å²) in [5.41, 5.74) is 0.927. The van der Waals surface area contributed by atoms with Crippen molar-refractivity contribution in [3.05, 3.63) is 46.3 Å². The summed E-state index contributed by atoms with van der Waals surface area (Å²) in [6.07, 6.45) is 3.11. The zero-order valence-corrected chi connectivity index (χ0v) is 10.4. The fourth-order valence-corrected chi connectivity index (χ4v) is 2.38. The average Bonchev–Trinajstić information content (AvgIpc) is 2.92. The van der Waals surface area contributed by atoms with Crippen LogP contribution in [0, 0.1) is 0 Å². The number of fused-ring (bicyclic) bond motifs is 1. The Labute approximate surface area is 106 Å². The van der Waals surface area contributed by atoms with Gasteiger partial charge >= 0.3 is 0 Å². The Kier molecular flexibility index (Phi) is 2.60. The molecule has 2 aromatic heterocycles. The fourth-order valence-electron chi connectivity index (χ4n) is 1.74. The van der Waals surface area contributed by atoms with E-state index in [0.717, 1.165) is 0 Å². The first-order chi connectivity index (χ1) is 8.79. The molecule has 0 saturated heterocycles. The molecule has 0 aliphatic carbocycles. The van der Waals surface area contributed by atoms with Gasteiger partial charge in [0, 0.05) is 17.6 Å². The molecule has 0 amide bonds. The van der Waals surface area contributed by atoms with E-state index in [0.29, 0.717) is 27.3 Å². The molecule has 0 unspecified atom stereocenters. The summed E-state index contributed by atoms with van der Waals surface area (Å²) in [5, 5.41) is 3.03. The maximum absolute atomic E-state index is 12.3. The molecule has 1 aromatic carbocycles. The lowest BCUT2D eigenvalue weighted by Gasteiger charge is -2.02. The van der Waals surface area contributed by atoms with Crippen molar-refractivity contribution in [1.29, 1.82) is 0 Å². The molecule has 0 radical (unpaired) electrons. The molecule has 0 atom stereocenters. The predicted molar refractivity (Wildman–Crippen MR) is 70.1 cm³/mol. The Morgan fingerprint density at radius 3 is 3.00 bits per heavy atom. The van der Waals surface area contributed by atoms with Gasteiger partial charge in [-0.1, -0.05) is 0 Å². The number of hydrogen-bond donors (Lipinski definition) is 0. The molecule has 0 spiro atoms. The van der Waals surface area contributed by atoms with Crippen molar-refractivity contribution in [1.82, 2.24) is 4.98 Å². The van der Waals surface area contributed by atoms with Crippen LogP contribution in [-0.2, 0) is 0 Å². The number of benzene rings is 1. The van der Waals surface area contributed by atoms with Crippen LogP contribution in [0.25, 0.3) is 21.5 Å². The van der Waals surface area contributed by atoms with E-state index >= 15 is 0 Å². The topological polar surface area (TPSA) is 52.3 Å². The number of nitrogens with zero attached hydrogens (tertiary/aromatic N) is 1. The minimum Gasteiger partial charge on any atom is -0.497 e. The molecule has 0 N–H and O–H groups in total. The van der Waals surface area contributed by atoms with Crippen molar-refractivity contribution in [2.75, 3.05) is 7.11 Å². The minimum absolute atomic E-state index is 0.0751. The van der Waals surface area contributed by atoms with Crippen LogP contribution in [0.4, 0.5) is 0 Å². The zero-order valence-electron chi connectivity index (χ0n) is 9.54. The summed E-state index contributed by atoms with van der Waals surface area (Å²) < 4.78 is 10.6. The van der Waals surface area contributed by atoms with Crippen LogP contribution in [-0.4, -0.2) is 12.1 Å². The Morgan fingerprint density at radius 1 is 1.39 bits per heavy atom. The Balaban J connectivity index is 2.27. The standard InChI is InChI=1S/C13H9NO3S/c1-16-8-2-3-9-11(6-8)17-7-10(12(9)15)13-14-4-5-18-13/h2-7H,1H3. The van der Waals surface area contributed by atoms with Gasteiger partial charge in [0.25, 0.3) is 0 Å². The van der Waals surface area contributed by atoms with E-state index in [1.807, 2.05) is 5.38 Å². The van der Waals surface area contributed by atoms with Crippen LogP contribution in [0.1, 0.15) is 0 Å². The Hall–Kier alpha value is -2.14. The monoisotopic (exact) mass is 259 g/mol. The van der Waals surface area contributed by atoms with Crippen LogP contribution in [0.2, 0.25) is 0 Å². The molecule has 0 aliphatic heterocycles. The molecular formula is C13H9NO3S. The van der Waals surface area contributed by atoms with Crippen LogP contribution >= 0.6 is 11.3 Å². The molecule has 0 saturated carbocycles. The second-order valence-electron chi connectivity index (χ2n) is 3.68. The maximum Gasteiger partial charge on any atom is 0.202 e. The molecule has 2 heterocycles. The van der Waals surface area contributed by atoms with E-state index in [-0.39, 0.29) is 5.43 Å². The van der Waals surface area contributed by atoms with Gasteiger partial charge in [0.05, 0.1) is 18.1 Å². The quantitative estimate of drug-likeness (QED) is 0.710. The average molecular weight is 259 g/mol. The van der Waals surface area contributed by atoms with Crippen LogP contribution < -0.4 is 10.2 Å². The second-order valence-corrected chi connectivity index (χ2v) is 4.57. The van der Waals surface area contributed by atoms with E-state index in [1.54, 1.807) is 31.5 Å². The molecule has 3 rings (SSSR count). The molecule has 0 fully saturated rings. The van der Waals surface area contributed by atoms with Crippen LogP contribution in [0.5, 0.6) is 5.75 Å². The van der Waals surface area contributed by atoms with Gasteiger partial charge in [0.2, 0.25) is 5.43 Å². The molecular weight excluding hydrogens is 250 g/mol. The smallest absolute Gasteiger partial charge is 0.202 e. The predicted octanol–water partition coefficient (Wildman–Crippen LogP) is 2.93. The van der Waals surface area contributed by atoms with Crippen LogP contribution in [0.15, 0.2) is 45.3 Å². The number of ether oxygens (including phenoxy) is 1. The highest BCUT2D eigenvalue weighted by molar-refractivity contribution is 7.13. The summed E-state index contributed by atoms with van der Waals surface area (Å²) in [6.45, 7) is 0. The molecule has 4 nitrogen and oxygen atoms in total. The van der Waals surface area contributed by atoms with Gasteiger partial charge in [-0.2, -0.15) is 0 Å². The first kappa shape index (κ1) is 11.0. The number of rotatable bonds is 2. The fraction of sp³-hybridized carbons (Fsp3) is 0.0769. The third kappa shape index (κ3) is 1.69. The highest BCUT2D eigenvalue weighted by Crippen LogP contribution is 2.23. The maximum atomic E-state index is 12.3. The molecule has 90 valence electrons. The Bertz CT molecular complexity index is 747. The van der Waals surface area contributed by atoms with Gasteiger partial charge < -0.3 is 9.15 Å². The molecule has 0 aliphatic rings. The summed E-state index contributed by atoms with van der Waals surface area (Å²) in [4.78, 5) is 16.4. The van der Waals surface area contributed by atoms with Gasteiger partial charge in [-0.3, -0.25) is 4.79 Å². The molecule has 18 heavy (non-hydrogen) atoms. The lowest BCUT2D eigenvalue weighted by atomic mass is 10.2. The number of methoxy groups -OCH3 is 1. The largest absolute Gasteiger partial charge is 0.497 e. The summed E-state index contributed by atoms with van der Waals surface area (Å²) in [7, 11) is 1.57. The normalized spacial score (nSPS) is 10.7. The van der Waals surface area contributed by atoms with Crippen molar-refractivity contribution in [3.8, 4) is 16.3 Å². The highest BCUT2D eigenvalue weighted by atomic mass is 32.1. The second kappa shape index (κ2) is 4.27. The van der Waals surface area contributed by atoms with E-state index in [1.165, 1.54) is 17.6 Å². The Morgan fingerprint density at radius 2 is 2.28 bits per heavy atom. The molecule has 5 heteroatoms. The van der Waals surface area contributed by atoms with E-state index in [2.05, 4.69) is 4.98 Å². The third-order valence-corrected chi connectivity index (χ3v) is 3.45. The number of aromatic nitrogens is 1. The highest BCUT2D eigenvalue weighted by Gasteiger charge is 2.11. The summed E-state index contributed by atoms with van der Waals surface area (Å²) in [6, 6.07) is 5.14. The van der Waals surface area contributed by atoms with Crippen molar-refractivity contribution in [3.63, 3.8) is 0 Å². The SMILES string of the molecule is COc1ccc2c(=O)c(-c3nccs3)coc2c1. The van der Waals surface area contributed by atoms with Gasteiger partial charge in [0.15, 0.2) is 0 Å². The van der Waals surface area contributed by atoms with Crippen molar-refractivity contribution >= 4 is 22.3 Å². The first-order valence-electron chi connectivity index (χ1n) is 5.29. The van der Waals surface area contributed by atoms with Gasteiger partial charge in [-0.15, -0.1) is 11.3 Å². The molecule has 0 bridgehead atoms. The van der Waals surface area contributed by atoms with E-state index < -0.39 is 0 Å². The van der Waals surface area contributed by atoms with Crippen molar-refractivity contribution in [2.45, 2.75) is 0 Å². The zero-order chi connectivity index (χ0) is 12.5. The minimum atomic E-state index is -0.0751. The summed E-state index contributed by atoms with van der Waals surface area (Å²) in [5.74, 6) is 0.660. The lowest BCUT2D eigenvalue weighted by molar-refractivity contribution is 0.414. The van der Waals surface area contributed by atoms with Crippen molar-refractivity contribution < 1.29 is 9.15 Å². The third-order valence-electron chi connectivity index (χ3n) is 2.64. The van der Waals surface area contributed by atoms with Gasteiger partial charge in [-0.25, -0.2) is 4.98 Å². The van der Waals surface area contributed by atoms with E-state index in [4.69, 9.17) is 9.15 Å². The number of hydrogen-bond acceptors (Lipinski definition) is 5. The van der Waals surface area contributed by atoms with Gasteiger partial charge in [-0.05, 0) is 12.1 Å². The molecule has 3 aromatic rings.